The lowest BCUT2D eigenvalue weighted by molar-refractivity contribution is 0.421. The minimum Gasteiger partial charge on any atom is -0.195 e. The molecule has 0 N–H and O–H groups in total. The summed E-state index contributed by atoms with van der Waals surface area (Å²) in [4.78, 5) is 0. The first kappa shape index (κ1) is 8.96. The lowest BCUT2D eigenvalue weighted by Crippen LogP contribution is -2.35. The van der Waals surface area contributed by atoms with Crippen molar-refractivity contribution < 1.29 is 8.42 Å². The van der Waals surface area contributed by atoms with Crippen molar-refractivity contribution in [3.05, 3.63) is 0 Å². The van der Waals surface area contributed by atoms with Gasteiger partial charge in [0.25, 0.3) is 10.2 Å². The van der Waals surface area contributed by atoms with Gasteiger partial charge >= 0.3 is 0 Å². The molecule has 11 heavy (non-hydrogen) atoms. The van der Waals surface area contributed by atoms with Crippen molar-refractivity contribution in [2.75, 3.05) is 26.2 Å². The molecule has 0 radical (unpaired) electrons. The van der Waals surface area contributed by atoms with Gasteiger partial charge < -0.3 is 0 Å². The summed E-state index contributed by atoms with van der Waals surface area (Å²) in [7, 11) is -3.06. The molecule has 0 unspecified atom stereocenters. The number of hydrogen-bond donors (Lipinski definition) is 0. The first-order valence-corrected chi connectivity index (χ1v) is 5.27. The van der Waals surface area contributed by atoms with Crippen molar-refractivity contribution in [3.8, 4) is 0 Å². The summed E-state index contributed by atoms with van der Waals surface area (Å²) in [6, 6.07) is 0. The summed E-state index contributed by atoms with van der Waals surface area (Å²) in [5.41, 5.74) is 0. The molecule has 0 bridgehead atoms. The summed E-state index contributed by atoms with van der Waals surface area (Å²) >= 11 is 0. The van der Waals surface area contributed by atoms with Crippen LogP contribution in [-0.4, -0.2) is 43.2 Å². The predicted molar refractivity (Wildman–Crippen MR) is 43.4 cm³/mol. The van der Waals surface area contributed by atoms with Crippen LogP contribution in [0.2, 0.25) is 0 Å². The summed E-state index contributed by atoms with van der Waals surface area (Å²) in [5.74, 6) is 0. The van der Waals surface area contributed by atoms with Crippen LogP contribution in [0.1, 0.15) is 13.8 Å². The van der Waals surface area contributed by atoms with Crippen LogP contribution in [0.25, 0.3) is 0 Å². The van der Waals surface area contributed by atoms with Crippen LogP contribution in [-0.2, 0) is 10.2 Å². The van der Waals surface area contributed by atoms with Gasteiger partial charge in [0.1, 0.15) is 0 Å². The van der Waals surface area contributed by atoms with E-state index in [9.17, 15) is 8.42 Å². The monoisotopic (exact) mass is 178 g/mol. The van der Waals surface area contributed by atoms with Crippen molar-refractivity contribution in [1.29, 1.82) is 0 Å². The third-order valence-corrected chi connectivity index (χ3v) is 3.95. The number of nitrogens with zero attached hydrogens (tertiary/aromatic N) is 2. The zero-order valence-corrected chi connectivity index (χ0v) is 7.76. The second kappa shape index (κ2) is 3.08. The minimum atomic E-state index is -3.06. The highest BCUT2D eigenvalue weighted by atomic mass is 32.2. The zero-order valence-electron chi connectivity index (χ0n) is 6.95. The van der Waals surface area contributed by atoms with E-state index in [2.05, 4.69) is 0 Å². The normalized spacial score (nSPS) is 19.2. The van der Waals surface area contributed by atoms with E-state index in [4.69, 9.17) is 0 Å². The van der Waals surface area contributed by atoms with Crippen LogP contribution in [0.4, 0.5) is 0 Å². The Bertz CT molecular complexity index is 217. The van der Waals surface area contributed by atoms with E-state index < -0.39 is 10.2 Å². The molecule has 0 aromatic heterocycles. The quantitative estimate of drug-likeness (QED) is 0.563. The highest BCUT2D eigenvalue weighted by Gasteiger charge is 2.35. The van der Waals surface area contributed by atoms with E-state index in [1.54, 1.807) is 0 Å². The van der Waals surface area contributed by atoms with Gasteiger partial charge in [-0.1, -0.05) is 13.8 Å². The van der Waals surface area contributed by atoms with Gasteiger partial charge in [-0.25, -0.2) is 0 Å². The molecule has 1 fully saturated rings. The van der Waals surface area contributed by atoms with Crippen LogP contribution in [0.15, 0.2) is 0 Å². The highest BCUT2D eigenvalue weighted by molar-refractivity contribution is 7.87. The molecule has 0 atom stereocenters. The van der Waals surface area contributed by atoms with Crippen molar-refractivity contribution in [1.82, 2.24) is 8.61 Å². The lowest BCUT2D eigenvalue weighted by Gasteiger charge is -2.17. The van der Waals surface area contributed by atoms with Gasteiger partial charge in [0, 0.05) is 26.2 Å². The van der Waals surface area contributed by atoms with Gasteiger partial charge in [-0.2, -0.15) is 17.0 Å². The fourth-order valence-electron chi connectivity index (χ4n) is 0.985. The summed E-state index contributed by atoms with van der Waals surface area (Å²) in [6.45, 7) is 6.22. The Labute approximate surface area is 68.0 Å². The second-order valence-electron chi connectivity index (χ2n) is 2.49. The maximum Gasteiger partial charge on any atom is 0.282 e. The molecule has 0 amide bonds. The van der Waals surface area contributed by atoms with E-state index in [-0.39, 0.29) is 0 Å². The van der Waals surface area contributed by atoms with Gasteiger partial charge in [0.15, 0.2) is 0 Å². The van der Waals surface area contributed by atoms with Gasteiger partial charge in [0.05, 0.1) is 0 Å². The van der Waals surface area contributed by atoms with Gasteiger partial charge in [-0.15, -0.1) is 0 Å². The Balaban J connectivity index is 2.68. The van der Waals surface area contributed by atoms with Crippen LogP contribution in [0.3, 0.4) is 0 Å². The van der Waals surface area contributed by atoms with Crippen LogP contribution in [0, 0.1) is 0 Å². The van der Waals surface area contributed by atoms with E-state index in [1.165, 1.54) is 8.61 Å². The van der Waals surface area contributed by atoms with Gasteiger partial charge in [-0.3, -0.25) is 0 Å². The molecule has 0 saturated carbocycles. The SMILES string of the molecule is CCN(CC)S(=O)(=O)N1CC1. The molecular formula is C6H14N2O2S. The molecule has 0 aromatic rings. The molecule has 0 aromatic carbocycles. The summed E-state index contributed by atoms with van der Waals surface area (Å²) in [6.07, 6.45) is 0. The fraction of sp³-hybridized carbons (Fsp3) is 1.00. The summed E-state index contributed by atoms with van der Waals surface area (Å²) in [5, 5.41) is 0. The number of rotatable bonds is 4. The van der Waals surface area contributed by atoms with E-state index in [0.29, 0.717) is 26.2 Å². The molecule has 1 saturated heterocycles. The Morgan fingerprint density at radius 2 is 1.73 bits per heavy atom. The lowest BCUT2D eigenvalue weighted by atomic mass is 10.7. The van der Waals surface area contributed by atoms with Crippen molar-refractivity contribution >= 4 is 10.2 Å². The highest BCUT2D eigenvalue weighted by Crippen LogP contribution is 2.15. The molecule has 1 heterocycles. The standard InChI is InChI=1S/C6H14N2O2S/c1-3-7(4-2)11(9,10)8-5-6-8/h3-6H2,1-2H3. The Kier molecular flexibility index (Phi) is 2.51. The molecule has 66 valence electrons. The fourth-order valence-corrected chi connectivity index (χ4v) is 2.51. The predicted octanol–water partition coefficient (Wildman–Crippen LogP) is -0.111. The average Bonchev–Trinajstić information content (AvgIpc) is 2.69. The molecule has 0 spiro atoms. The van der Waals surface area contributed by atoms with Crippen molar-refractivity contribution in [3.63, 3.8) is 0 Å². The van der Waals surface area contributed by atoms with E-state index in [0.717, 1.165) is 0 Å². The van der Waals surface area contributed by atoms with Crippen molar-refractivity contribution in [2.45, 2.75) is 13.8 Å². The smallest absolute Gasteiger partial charge is 0.195 e. The maximum atomic E-state index is 11.4. The third kappa shape index (κ3) is 1.72. The molecule has 4 nitrogen and oxygen atoms in total. The molecule has 5 heteroatoms. The molecule has 1 rings (SSSR count). The van der Waals surface area contributed by atoms with Gasteiger partial charge in [0.2, 0.25) is 0 Å². The topological polar surface area (TPSA) is 40.4 Å². The first-order valence-electron chi connectivity index (χ1n) is 3.88. The minimum absolute atomic E-state index is 0.565. The third-order valence-electron chi connectivity index (χ3n) is 1.76. The van der Waals surface area contributed by atoms with E-state index >= 15 is 0 Å². The Hall–Kier alpha value is -0.130. The largest absolute Gasteiger partial charge is 0.282 e. The molecule has 0 aliphatic carbocycles. The Morgan fingerprint density at radius 1 is 1.27 bits per heavy atom. The number of hydrogen-bond acceptors (Lipinski definition) is 2. The van der Waals surface area contributed by atoms with E-state index in [1.807, 2.05) is 13.8 Å². The van der Waals surface area contributed by atoms with Gasteiger partial charge in [-0.05, 0) is 0 Å². The Morgan fingerprint density at radius 3 is 2.00 bits per heavy atom. The van der Waals surface area contributed by atoms with Crippen LogP contribution < -0.4 is 0 Å². The molecular weight excluding hydrogens is 164 g/mol. The molecule has 1 aliphatic heterocycles. The maximum absolute atomic E-state index is 11.4. The van der Waals surface area contributed by atoms with Crippen LogP contribution >= 0.6 is 0 Å². The van der Waals surface area contributed by atoms with Crippen LogP contribution in [0.5, 0.6) is 0 Å². The molecule has 1 aliphatic rings. The average molecular weight is 178 g/mol. The summed E-state index contributed by atoms with van der Waals surface area (Å²) < 4.78 is 25.8. The zero-order chi connectivity index (χ0) is 8.48. The van der Waals surface area contributed by atoms with Crippen molar-refractivity contribution in [2.24, 2.45) is 0 Å². The second-order valence-corrected chi connectivity index (χ2v) is 4.42. The first-order chi connectivity index (χ1) is 5.12.